The Labute approximate surface area is 129 Å². The van der Waals surface area contributed by atoms with E-state index in [1.807, 2.05) is 0 Å². The molecule has 3 aromatic rings. The van der Waals surface area contributed by atoms with Gasteiger partial charge in [0.1, 0.15) is 11.2 Å². The van der Waals surface area contributed by atoms with Crippen molar-refractivity contribution in [3.63, 3.8) is 0 Å². The fourth-order valence-electron chi connectivity index (χ4n) is 2.42. The maximum atomic E-state index is 4.49. The van der Waals surface area contributed by atoms with Crippen molar-refractivity contribution in [3.05, 3.63) is 47.1 Å². The molecule has 0 saturated heterocycles. The maximum Gasteiger partial charge on any atom is 0.127 e. The fourth-order valence-corrected chi connectivity index (χ4v) is 3.27. The molecular weight excluding hydrogens is 278 g/mol. The molecule has 0 radical (unpaired) electrons. The topological polar surface area (TPSA) is 29.0 Å². The zero-order valence-corrected chi connectivity index (χ0v) is 13.6. The van der Waals surface area contributed by atoms with Crippen LogP contribution in [0.2, 0.25) is 0 Å². The van der Waals surface area contributed by atoms with Crippen molar-refractivity contribution in [2.45, 2.75) is 19.9 Å². The van der Waals surface area contributed by atoms with Crippen LogP contribution in [0.3, 0.4) is 0 Å². The standard InChI is InChI=1S/C17H19N3S/c1-11-9-15-16(18-10-19-17(15)21-11)14-7-5-13(6-8-14)12(2)20(3)4/h5-10,12H,1-4H3/t12-/m1/s1. The highest BCUT2D eigenvalue weighted by atomic mass is 32.1. The van der Waals surface area contributed by atoms with Crippen LogP contribution in [0.25, 0.3) is 21.5 Å². The van der Waals surface area contributed by atoms with E-state index in [9.17, 15) is 0 Å². The molecule has 0 bridgehead atoms. The zero-order valence-electron chi connectivity index (χ0n) is 12.8. The number of aryl methyl sites for hydroxylation is 1. The van der Waals surface area contributed by atoms with Crippen LogP contribution >= 0.6 is 11.3 Å². The highest BCUT2D eigenvalue weighted by Crippen LogP contribution is 2.31. The van der Waals surface area contributed by atoms with Crippen LogP contribution in [0.5, 0.6) is 0 Å². The van der Waals surface area contributed by atoms with Crippen molar-refractivity contribution in [1.82, 2.24) is 14.9 Å². The summed E-state index contributed by atoms with van der Waals surface area (Å²) in [5, 5.41) is 1.15. The molecule has 0 aliphatic rings. The minimum atomic E-state index is 0.410. The van der Waals surface area contributed by atoms with Crippen molar-refractivity contribution < 1.29 is 0 Å². The summed E-state index contributed by atoms with van der Waals surface area (Å²) < 4.78 is 0. The molecule has 0 amide bonds. The number of hydrogen-bond acceptors (Lipinski definition) is 4. The predicted octanol–water partition coefficient (Wildman–Crippen LogP) is 4.29. The highest BCUT2D eigenvalue weighted by Gasteiger charge is 2.11. The molecule has 1 aromatic carbocycles. The quantitative estimate of drug-likeness (QED) is 0.722. The Morgan fingerprint density at radius 1 is 1.10 bits per heavy atom. The second-order valence-electron chi connectivity index (χ2n) is 5.56. The van der Waals surface area contributed by atoms with Crippen LogP contribution in [0.1, 0.15) is 23.4 Å². The van der Waals surface area contributed by atoms with E-state index in [4.69, 9.17) is 0 Å². The number of fused-ring (bicyclic) bond motifs is 1. The van der Waals surface area contributed by atoms with Crippen molar-refractivity contribution in [1.29, 1.82) is 0 Å². The summed E-state index contributed by atoms with van der Waals surface area (Å²) in [6.07, 6.45) is 1.66. The monoisotopic (exact) mass is 297 g/mol. The number of hydrogen-bond donors (Lipinski definition) is 0. The van der Waals surface area contributed by atoms with Crippen LogP contribution in [0, 0.1) is 6.92 Å². The number of benzene rings is 1. The molecule has 0 aliphatic carbocycles. The van der Waals surface area contributed by atoms with Gasteiger partial charge < -0.3 is 4.90 Å². The van der Waals surface area contributed by atoms with Gasteiger partial charge in [-0.15, -0.1) is 11.3 Å². The summed E-state index contributed by atoms with van der Waals surface area (Å²) >= 11 is 1.72. The first-order valence-corrected chi connectivity index (χ1v) is 7.86. The van der Waals surface area contributed by atoms with E-state index >= 15 is 0 Å². The molecule has 2 heterocycles. The molecule has 0 fully saturated rings. The first kappa shape index (κ1) is 14.2. The van der Waals surface area contributed by atoms with Gasteiger partial charge in [-0.3, -0.25) is 0 Å². The number of thiophene rings is 1. The van der Waals surface area contributed by atoms with Gasteiger partial charge in [0.05, 0.1) is 5.69 Å². The normalized spacial score (nSPS) is 13.0. The van der Waals surface area contributed by atoms with Crippen molar-refractivity contribution in [2.24, 2.45) is 0 Å². The van der Waals surface area contributed by atoms with Gasteiger partial charge in [-0.2, -0.15) is 0 Å². The fraction of sp³-hybridized carbons (Fsp3) is 0.294. The lowest BCUT2D eigenvalue weighted by molar-refractivity contribution is 0.321. The third-order valence-electron chi connectivity index (χ3n) is 3.89. The molecule has 1 atom stereocenters. The third kappa shape index (κ3) is 2.69. The van der Waals surface area contributed by atoms with Gasteiger partial charge >= 0.3 is 0 Å². The van der Waals surface area contributed by atoms with Crippen LogP contribution in [0.15, 0.2) is 36.7 Å². The second kappa shape index (κ2) is 5.54. The van der Waals surface area contributed by atoms with E-state index in [2.05, 4.69) is 73.1 Å². The van der Waals surface area contributed by atoms with E-state index in [-0.39, 0.29) is 0 Å². The van der Waals surface area contributed by atoms with Gasteiger partial charge in [0.15, 0.2) is 0 Å². The van der Waals surface area contributed by atoms with Gasteiger partial charge in [-0.1, -0.05) is 24.3 Å². The van der Waals surface area contributed by atoms with Crippen molar-refractivity contribution in [2.75, 3.05) is 14.1 Å². The highest BCUT2D eigenvalue weighted by molar-refractivity contribution is 7.18. The minimum Gasteiger partial charge on any atom is -0.303 e. The molecule has 0 aliphatic heterocycles. The van der Waals surface area contributed by atoms with Gasteiger partial charge in [-0.25, -0.2) is 9.97 Å². The first-order chi connectivity index (χ1) is 10.1. The van der Waals surface area contributed by atoms with Crippen LogP contribution < -0.4 is 0 Å². The molecule has 3 nitrogen and oxygen atoms in total. The second-order valence-corrected chi connectivity index (χ2v) is 6.79. The lowest BCUT2D eigenvalue weighted by Gasteiger charge is -2.20. The Hall–Kier alpha value is -1.78. The molecule has 0 saturated carbocycles. The van der Waals surface area contributed by atoms with E-state index in [1.165, 1.54) is 10.4 Å². The molecule has 0 unspecified atom stereocenters. The number of aromatic nitrogens is 2. The van der Waals surface area contributed by atoms with Gasteiger partial charge in [0.25, 0.3) is 0 Å². The largest absolute Gasteiger partial charge is 0.303 e. The Kier molecular flexibility index (Phi) is 3.74. The Bertz CT molecular complexity index is 759. The number of rotatable bonds is 3. The molecule has 2 aromatic heterocycles. The smallest absolute Gasteiger partial charge is 0.127 e. The van der Waals surface area contributed by atoms with E-state index in [1.54, 1.807) is 17.7 Å². The van der Waals surface area contributed by atoms with Crippen molar-refractivity contribution in [3.8, 4) is 11.3 Å². The van der Waals surface area contributed by atoms with Crippen molar-refractivity contribution >= 4 is 21.6 Å². The van der Waals surface area contributed by atoms with Crippen LogP contribution in [0.4, 0.5) is 0 Å². The molecule has 0 spiro atoms. The minimum absolute atomic E-state index is 0.410. The molecule has 21 heavy (non-hydrogen) atoms. The van der Waals surface area contributed by atoms with E-state index in [0.29, 0.717) is 6.04 Å². The summed E-state index contributed by atoms with van der Waals surface area (Å²) in [5.41, 5.74) is 3.49. The lowest BCUT2D eigenvalue weighted by atomic mass is 10.0. The van der Waals surface area contributed by atoms with E-state index in [0.717, 1.165) is 21.5 Å². The Morgan fingerprint density at radius 2 is 1.81 bits per heavy atom. The molecule has 0 N–H and O–H groups in total. The lowest BCUT2D eigenvalue weighted by Crippen LogP contribution is -2.16. The Balaban J connectivity index is 2.03. The van der Waals surface area contributed by atoms with Crippen LogP contribution in [-0.4, -0.2) is 29.0 Å². The summed E-state index contributed by atoms with van der Waals surface area (Å²) in [5.74, 6) is 0. The number of nitrogens with zero attached hydrogens (tertiary/aromatic N) is 3. The van der Waals surface area contributed by atoms with Gasteiger partial charge in [-0.05, 0) is 39.6 Å². The molecule has 3 rings (SSSR count). The summed E-state index contributed by atoms with van der Waals surface area (Å²) in [4.78, 5) is 13.4. The molecule has 4 heteroatoms. The summed E-state index contributed by atoms with van der Waals surface area (Å²) in [6.45, 7) is 4.32. The first-order valence-electron chi connectivity index (χ1n) is 7.04. The maximum absolute atomic E-state index is 4.49. The Morgan fingerprint density at radius 3 is 2.48 bits per heavy atom. The third-order valence-corrected chi connectivity index (χ3v) is 4.85. The van der Waals surface area contributed by atoms with Gasteiger partial charge in [0.2, 0.25) is 0 Å². The zero-order chi connectivity index (χ0) is 15.0. The van der Waals surface area contributed by atoms with Gasteiger partial charge in [0, 0.05) is 21.9 Å². The average Bonchev–Trinajstić information content (AvgIpc) is 2.86. The molecular formula is C17H19N3S. The SMILES string of the molecule is Cc1cc2c(-c3ccc([C@@H](C)N(C)C)cc3)ncnc2s1. The molecule has 108 valence electrons. The van der Waals surface area contributed by atoms with E-state index < -0.39 is 0 Å². The average molecular weight is 297 g/mol. The predicted molar refractivity (Wildman–Crippen MR) is 89.7 cm³/mol. The summed E-state index contributed by atoms with van der Waals surface area (Å²) in [6, 6.07) is 11.3. The van der Waals surface area contributed by atoms with Crippen LogP contribution in [-0.2, 0) is 0 Å². The summed E-state index contributed by atoms with van der Waals surface area (Å²) in [7, 11) is 4.20.